The molecule has 0 aromatic heterocycles. The Morgan fingerprint density at radius 1 is 0.462 bits per heavy atom. The first-order chi connectivity index (χ1) is 9.20. The van der Waals surface area contributed by atoms with Gasteiger partial charge < -0.3 is 48.9 Å². The number of rotatable bonds is 0. The van der Waals surface area contributed by atoms with Crippen LogP contribution in [0.25, 0.3) is 0 Å². The van der Waals surface area contributed by atoms with Crippen molar-refractivity contribution in [1.82, 2.24) is 0 Å². The zero-order valence-corrected chi connectivity index (χ0v) is 23.1. The Hall–Kier alpha value is 1.55. The predicted octanol–water partition coefficient (Wildman–Crippen LogP) is -14.0. The van der Waals surface area contributed by atoms with E-state index in [4.69, 9.17) is 80.1 Å². The molecule has 0 atom stereocenters. The summed E-state index contributed by atoms with van der Waals surface area (Å²) in [5, 5.41) is 41.8. The van der Waals surface area contributed by atoms with Crippen LogP contribution in [0.5, 0.6) is 0 Å². The molecule has 0 aliphatic carbocycles. The molecule has 136 valence electrons. The van der Waals surface area contributed by atoms with E-state index in [-0.39, 0.29) is 118 Å². The number of hydrogen-bond donors (Lipinski definition) is 6. The van der Waals surface area contributed by atoms with Crippen LogP contribution in [-0.4, -0.2) is 84.2 Å². The van der Waals surface area contributed by atoms with Gasteiger partial charge in [0.25, 0.3) is 0 Å². The van der Waals surface area contributed by atoms with Crippen LogP contribution in [0.4, 0.5) is 14.4 Å². The van der Waals surface area contributed by atoms with E-state index in [1.54, 1.807) is 0 Å². The molecule has 0 bridgehead atoms. The fraction of sp³-hybridized carbons (Fsp3) is 0. The summed E-state index contributed by atoms with van der Waals surface area (Å²) in [6.07, 6.45) is -5.50. The normalized spacial score (nSPS) is 7.23. The SMILES string of the molecule is O=C(O)O.O=C(O)O.O=C(O)O.O=S(=O)([O-])[O-].O=S(=O)([O-])[O-].[Na+].[Na+].[Na+].[Na+]. The first-order valence-electron chi connectivity index (χ1n) is 3.29. The molecule has 6 N–H and O–H groups in total. The molecule has 0 unspecified atom stereocenters. The Balaban J connectivity index is -0.0000000192. The second kappa shape index (κ2) is 34.1. The van der Waals surface area contributed by atoms with Crippen LogP contribution in [0, 0.1) is 0 Å². The molecule has 0 radical (unpaired) electrons. The third-order valence-electron chi connectivity index (χ3n) is 0. The van der Waals surface area contributed by atoms with E-state index in [0.29, 0.717) is 0 Å². The summed E-state index contributed by atoms with van der Waals surface area (Å²) in [6.45, 7) is 0. The molecule has 0 saturated heterocycles. The van der Waals surface area contributed by atoms with Crippen molar-refractivity contribution in [3.8, 4) is 0 Å². The van der Waals surface area contributed by atoms with Gasteiger partial charge in [-0.3, -0.25) is 16.8 Å². The van der Waals surface area contributed by atoms with Crippen LogP contribution < -0.4 is 118 Å². The van der Waals surface area contributed by atoms with E-state index in [2.05, 4.69) is 0 Å². The van der Waals surface area contributed by atoms with E-state index >= 15 is 0 Å². The van der Waals surface area contributed by atoms with Crippen molar-refractivity contribution in [2.24, 2.45) is 0 Å². The monoisotopic (exact) mass is 470 g/mol. The minimum Gasteiger partial charge on any atom is -0.759 e. The maximum absolute atomic E-state index is 8.56. The summed E-state index contributed by atoms with van der Waals surface area (Å²) in [7, 11) is -10.3. The van der Waals surface area contributed by atoms with Gasteiger partial charge >= 0.3 is 137 Å². The van der Waals surface area contributed by atoms with Gasteiger partial charge in [-0.1, -0.05) is 0 Å². The van der Waals surface area contributed by atoms with Crippen molar-refractivity contribution >= 4 is 39.3 Å². The number of hydrogen-bond acceptors (Lipinski definition) is 11. The minimum absolute atomic E-state index is 0. The van der Waals surface area contributed by atoms with Gasteiger partial charge in [-0.25, -0.2) is 14.4 Å². The Morgan fingerprint density at radius 2 is 0.462 bits per heavy atom. The predicted molar refractivity (Wildman–Crippen MR) is 52.9 cm³/mol. The van der Waals surface area contributed by atoms with E-state index in [0.717, 1.165) is 0 Å². The van der Waals surface area contributed by atoms with E-state index in [1.807, 2.05) is 0 Å². The molecule has 17 nitrogen and oxygen atoms in total. The first-order valence-corrected chi connectivity index (χ1v) is 5.95. The van der Waals surface area contributed by atoms with Crippen LogP contribution in [-0.2, 0) is 20.8 Å². The van der Waals surface area contributed by atoms with Gasteiger partial charge in [-0.2, -0.15) is 0 Å². The molecular formula is C3H6Na4O17S2. The summed E-state index contributed by atoms with van der Waals surface area (Å²) >= 11 is 0. The summed E-state index contributed by atoms with van der Waals surface area (Å²) < 4.78 is 68.2. The zero-order chi connectivity index (χ0) is 19.7. The number of carbonyl (C=O) groups is 3. The maximum atomic E-state index is 8.56. The van der Waals surface area contributed by atoms with Crippen LogP contribution in [0.3, 0.4) is 0 Å². The Bertz CT molecular complexity index is 424. The second-order valence-electron chi connectivity index (χ2n) is 1.66. The zero-order valence-electron chi connectivity index (χ0n) is 13.5. The second-order valence-corrected chi connectivity index (χ2v) is 3.30. The largest absolute Gasteiger partial charge is 1.00 e. The Labute approximate surface area is 234 Å². The summed E-state index contributed by atoms with van der Waals surface area (Å²) in [5.41, 5.74) is 0. The molecule has 0 aromatic rings. The van der Waals surface area contributed by atoms with Crippen molar-refractivity contribution in [3.05, 3.63) is 0 Å². The molecule has 23 heteroatoms. The molecule has 0 saturated carbocycles. The van der Waals surface area contributed by atoms with Gasteiger partial charge in [0.1, 0.15) is 0 Å². The van der Waals surface area contributed by atoms with Gasteiger partial charge in [-0.15, -0.1) is 0 Å². The van der Waals surface area contributed by atoms with Crippen molar-refractivity contribution in [1.29, 1.82) is 0 Å². The average Bonchev–Trinajstić information content (AvgIpc) is 1.88. The molecule has 0 spiro atoms. The summed E-state index contributed by atoms with van der Waals surface area (Å²) in [4.78, 5) is 25.7. The molecule has 0 aliphatic heterocycles. The van der Waals surface area contributed by atoms with Gasteiger partial charge in [0.15, 0.2) is 0 Å². The van der Waals surface area contributed by atoms with Gasteiger partial charge in [0.05, 0.1) is 0 Å². The molecule has 0 aliphatic rings. The van der Waals surface area contributed by atoms with Crippen LogP contribution in [0.1, 0.15) is 0 Å². The van der Waals surface area contributed by atoms with Gasteiger partial charge in [-0.05, 0) is 0 Å². The quantitative estimate of drug-likeness (QED) is 0.109. The standard InChI is InChI=1S/3CH2O3.4Na.2H2O4S/c3*2-1(3)4;;;;;2*1-5(2,3)4/h3*(H2,2,3,4);;;;;2*(H2,1,2,3,4)/q;;;4*+1;;/p-4. The minimum atomic E-state index is -5.17. The Morgan fingerprint density at radius 3 is 0.462 bits per heavy atom. The van der Waals surface area contributed by atoms with Crippen molar-refractivity contribution < 1.29 is 198 Å². The van der Waals surface area contributed by atoms with Crippen LogP contribution in [0.15, 0.2) is 0 Å². The molecular weight excluding hydrogens is 464 g/mol. The molecule has 0 aromatic carbocycles. The van der Waals surface area contributed by atoms with Gasteiger partial charge in [0.2, 0.25) is 0 Å². The van der Waals surface area contributed by atoms with E-state index < -0.39 is 39.3 Å². The maximum Gasteiger partial charge on any atom is 1.00 e. The number of carboxylic acid groups (broad SMARTS) is 6. The van der Waals surface area contributed by atoms with E-state index in [1.165, 1.54) is 0 Å². The first kappa shape index (κ1) is 56.4. The molecule has 0 rings (SSSR count). The topological polar surface area (TPSA) is 333 Å². The molecule has 26 heavy (non-hydrogen) atoms. The summed E-state index contributed by atoms with van der Waals surface area (Å²) in [5.74, 6) is 0. The third-order valence-corrected chi connectivity index (χ3v) is 0. The smallest absolute Gasteiger partial charge is 0.759 e. The fourth-order valence-electron chi connectivity index (χ4n) is 0. The van der Waals surface area contributed by atoms with Crippen molar-refractivity contribution in [2.75, 3.05) is 0 Å². The average molecular weight is 470 g/mol. The molecule has 0 amide bonds. The van der Waals surface area contributed by atoms with Crippen molar-refractivity contribution in [3.63, 3.8) is 0 Å². The van der Waals surface area contributed by atoms with Crippen LogP contribution in [0.2, 0.25) is 0 Å². The third kappa shape index (κ3) is 6410. The van der Waals surface area contributed by atoms with Gasteiger partial charge in [0, 0.05) is 20.8 Å². The van der Waals surface area contributed by atoms with Crippen molar-refractivity contribution in [2.45, 2.75) is 0 Å². The van der Waals surface area contributed by atoms with Crippen LogP contribution >= 0.6 is 0 Å². The fourth-order valence-corrected chi connectivity index (χ4v) is 0. The molecule has 0 fully saturated rings. The summed E-state index contributed by atoms with van der Waals surface area (Å²) in [6, 6.07) is 0. The molecule has 0 heterocycles. The van der Waals surface area contributed by atoms with E-state index in [9.17, 15) is 0 Å². The Kier molecular flexibility index (Phi) is 74.0.